The minimum absolute atomic E-state index is 0.128. The zero-order valence-corrected chi connectivity index (χ0v) is 16.2. The Labute approximate surface area is 158 Å². The Morgan fingerprint density at radius 1 is 1.19 bits per heavy atom. The van der Waals surface area contributed by atoms with Crippen molar-refractivity contribution in [2.24, 2.45) is 5.92 Å². The topological polar surface area (TPSA) is 66.5 Å². The molecule has 3 atom stereocenters. The molecule has 6 heteroatoms. The molecule has 1 aromatic rings. The van der Waals surface area contributed by atoms with Crippen molar-refractivity contribution < 1.29 is 14.4 Å². The van der Waals surface area contributed by atoms with Crippen molar-refractivity contribution in [1.82, 2.24) is 10.2 Å². The van der Waals surface area contributed by atoms with E-state index in [1.165, 1.54) is 11.3 Å². The summed E-state index contributed by atoms with van der Waals surface area (Å²) < 4.78 is 0. The zero-order valence-electron chi connectivity index (χ0n) is 15.4. The molecule has 3 rings (SSSR count). The van der Waals surface area contributed by atoms with Crippen LogP contribution in [0.3, 0.4) is 0 Å². The van der Waals surface area contributed by atoms with Gasteiger partial charge in [0.2, 0.25) is 5.91 Å². The van der Waals surface area contributed by atoms with Gasteiger partial charge in [0.25, 0.3) is 11.8 Å². The van der Waals surface area contributed by atoms with E-state index in [2.05, 4.69) is 12.2 Å². The Bertz CT molecular complexity index is 671. The zero-order chi connectivity index (χ0) is 18.7. The van der Waals surface area contributed by atoms with E-state index in [9.17, 15) is 14.4 Å². The lowest BCUT2D eigenvalue weighted by Crippen LogP contribution is -2.53. The van der Waals surface area contributed by atoms with Crippen LogP contribution in [0.2, 0.25) is 0 Å². The molecule has 1 aliphatic heterocycles. The van der Waals surface area contributed by atoms with Crippen LogP contribution in [-0.4, -0.2) is 46.7 Å². The van der Waals surface area contributed by atoms with E-state index >= 15 is 0 Å². The standard InChI is InChI=1S/C20H26N2O3S/c1-13-7-3-6-10-16(13)21-18(23)17(11-12-26-2)22-19(24)14-8-4-5-9-15(14)20(22)25/h4-5,8-9,13,16-17H,3,6-7,10-12H2,1-2H3,(H,21,23)/t13-,16+,17-/m1/s1. The molecule has 0 aromatic heterocycles. The summed E-state index contributed by atoms with van der Waals surface area (Å²) in [7, 11) is 0. The summed E-state index contributed by atoms with van der Waals surface area (Å²) in [5.74, 6) is 0.224. The molecule has 0 unspecified atom stereocenters. The lowest BCUT2D eigenvalue weighted by atomic mass is 9.86. The molecule has 2 aliphatic rings. The van der Waals surface area contributed by atoms with E-state index in [1.807, 2.05) is 6.26 Å². The van der Waals surface area contributed by atoms with Gasteiger partial charge in [0.15, 0.2) is 0 Å². The van der Waals surface area contributed by atoms with Gasteiger partial charge in [0, 0.05) is 6.04 Å². The van der Waals surface area contributed by atoms with E-state index in [-0.39, 0.29) is 23.8 Å². The molecule has 0 saturated heterocycles. The Morgan fingerprint density at radius 2 is 1.81 bits per heavy atom. The van der Waals surface area contributed by atoms with Gasteiger partial charge in [0.1, 0.15) is 6.04 Å². The molecule has 0 radical (unpaired) electrons. The maximum atomic E-state index is 13.0. The molecular formula is C20H26N2O3S. The Balaban J connectivity index is 1.81. The number of benzene rings is 1. The molecule has 3 amide bonds. The fraction of sp³-hybridized carbons (Fsp3) is 0.550. The molecule has 140 valence electrons. The first-order valence-corrected chi connectivity index (χ1v) is 10.7. The van der Waals surface area contributed by atoms with Crippen LogP contribution in [0, 0.1) is 5.92 Å². The van der Waals surface area contributed by atoms with Crippen LogP contribution in [0.4, 0.5) is 0 Å². The molecule has 5 nitrogen and oxygen atoms in total. The van der Waals surface area contributed by atoms with Crippen LogP contribution in [0.25, 0.3) is 0 Å². The quantitative estimate of drug-likeness (QED) is 0.777. The number of nitrogens with one attached hydrogen (secondary N) is 1. The van der Waals surface area contributed by atoms with Gasteiger partial charge in [-0.2, -0.15) is 11.8 Å². The van der Waals surface area contributed by atoms with Crippen LogP contribution in [0.5, 0.6) is 0 Å². The number of thioether (sulfide) groups is 1. The van der Waals surface area contributed by atoms with E-state index in [4.69, 9.17) is 0 Å². The molecule has 1 fully saturated rings. The van der Waals surface area contributed by atoms with Crippen LogP contribution < -0.4 is 5.32 Å². The number of rotatable bonds is 6. The molecule has 0 bridgehead atoms. The molecule has 26 heavy (non-hydrogen) atoms. The van der Waals surface area contributed by atoms with Gasteiger partial charge in [0.05, 0.1) is 11.1 Å². The van der Waals surface area contributed by atoms with Crippen LogP contribution in [-0.2, 0) is 4.79 Å². The number of fused-ring (bicyclic) bond motifs is 1. The van der Waals surface area contributed by atoms with Gasteiger partial charge in [-0.15, -0.1) is 0 Å². The number of hydrogen-bond acceptors (Lipinski definition) is 4. The second-order valence-corrected chi connectivity index (χ2v) is 8.19. The first-order valence-electron chi connectivity index (χ1n) is 9.30. The van der Waals surface area contributed by atoms with E-state index in [0.29, 0.717) is 29.2 Å². The fourth-order valence-electron chi connectivity index (χ4n) is 3.91. The second kappa shape index (κ2) is 8.25. The lowest BCUT2D eigenvalue weighted by Gasteiger charge is -2.32. The van der Waals surface area contributed by atoms with Crippen molar-refractivity contribution in [3.8, 4) is 0 Å². The minimum Gasteiger partial charge on any atom is -0.351 e. The van der Waals surface area contributed by atoms with Gasteiger partial charge < -0.3 is 5.32 Å². The predicted octanol–water partition coefficient (Wildman–Crippen LogP) is 3.10. The molecule has 1 aromatic carbocycles. The highest BCUT2D eigenvalue weighted by atomic mass is 32.2. The Hall–Kier alpha value is -1.82. The largest absolute Gasteiger partial charge is 0.351 e. The highest BCUT2D eigenvalue weighted by molar-refractivity contribution is 7.98. The van der Waals surface area contributed by atoms with Gasteiger partial charge in [-0.1, -0.05) is 31.9 Å². The maximum absolute atomic E-state index is 13.0. The first-order chi connectivity index (χ1) is 12.5. The number of hydrogen-bond donors (Lipinski definition) is 1. The maximum Gasteiger partial charge on any atom is 0.262 e. The smallest absolute Gasteiger partial charge is 0.262 e. The fourth-order valence-corrected chi connectivity index (χ4v) is 4.37. The third kappa shape index (κ3) is 3.65. The summed E-state index contributed by atoms with van der Waals surface area (Å²) in [6, 6.07) is 6.18. The summed E-state index contributed by atoms with van der Waals surface area (Å²) in [5, 5.41) is 3.13. The third-order valence-electron chi connectivity index (χ3n) is 5.47. The van der Waals surface area contributed by atoms with E-state index in [1.54, 1.807) is 36.0 Å². The highest BCUT2D eigenvalue weighted by Crippen LogP contribution is 2.28. The monoisotopic (exact) mass is 374 g/mol. The van der Waals surface area contributed by atoms with Crippen molar-refractivity contribution in [2.75, 3.05) is 12.0 Å². The summed E-state index contributed by atoms with van der Waals surface area (Å²) in [5.41, 5.74) is 0.788. The van der Waals surface area contributed by atoms with Crippen LogP contribution in [0.15, 0.2) is 24.3 Å². The predicted molar refractivity (Wildman–Crippen MR) is 103 cm³/mol. The number of carbonyl (C=O) groups excluding carboxylic acids is 3. The molecular weight excluding hydrogens is 348 g/mol. The molecule has 1 saturated carbocycles. The van der Waals surface area contributed by atoms with Crippen molar-refractivity contribution >= 4 is 29.5 Å². The number of amides is 3. The molecule has 0 spiro atoms. The van der Waals surface area contributed by atoms with Gasteiger partial charge in [-0.25, -0.2) is 0 Å². The van der Waals surface area contributed by atoms with Crippen LogP contribution in [0.1, 0.15) is 59.7 Å². The number of nitrogens with zero attached hydrogens (tertiary/aromatic N) is 1. The average molecular weight is 375 g/mol. The normalized spacial score (nSPS) is 23.7. The van der Waals surface area contributed by atoms with E-state index < -0.39 is 6.04 Å². The Kier molecular flexibility index (Phi) is 6.01. The van der Waals surface area contributed by atoms with E-state index in [0.717, 1.165) is 19.3 Å². The number of carbonyl (C=O) groups is 3. The van der Waals surface area contributed by atoms with Gasteiger partial charge in [-0.3, -0.25) is 19.3 Å². The first kappa shape index (κ1) is 19.0. The minimum atomic E-state index is -0.746. The highest BCUT2D eigenvalue weighted by Gasteiger charge is 2.42. The molecule has 1 heterocycles. The number of imide groups is 1. The SMILES string of the molecule is CSCC[C@H](C(=O)N[C@H]1CCCC[C@H]1C)N1C(=O)c2ccccc2C1=O. The van der Waals surface area contributed by atoms with Crippen molar-refractivity contribution in [3.63, 3.8) is 0 Å². The van der Waals surface area contributed by atoms with Crippen molar-refractivity contribution in [1.29, 1.82) is 0 Å². The van der Waals surface area contributed by atoms with Crippen LogP contribution >= 0.6 is 11.8 Å². The summed E-state index contributed by atoms with van der Waals surface area (Å²) in [6.45, 7) is 2.16. The third-order valence-corrected chi connectivity index (χ3v) is 6.12. The summed E-state index contributed by atoms with van der Waals surface area (Å²) in [6.07, 6.45) is 6.80. The second-order valence-electron chi connectivity index (χ2n) is 7.20. The van der Waals surface area contributed by atoms with Crippen molar-refractivity contribution in [3.05, 3.63) is 35.4 Å². The molecule has 1 aliphatic carbocycles. The van der Waals surface area contributed by atoms with Gasteiger partial charge >= 0.3 is 0 Å². The average Bonchev–Trinajstić information content (AvgIpc) is 2.89. The Morgan fingerprint density at radius 3 is 2.38 bits per heavy atom. The summed E-state index contributed by atoms with van der Waals surface area (Å²) in [4.78, 5) is 39.8. The van der Waals surface area contributed by atoms with Crippen molar-refractivity contribution in [2.45, 2.75) is 51.1 Å². The van der Waals surface area contributed by atoms with Gasteiger partial charge in [-0.05, 0) is 49.3 Å². The summed E-state index contributed by atoms with van der Waals surface area (Å²) >= 11 is 1.61. The lowest BCUT2D eigenvalue weighted by molar-refractivity contribution is -0.126. The molecule has 1 N–H and O–H groups in total.